The lowest BCUT2D eigenvalue weighted by Gasteiger charge is -2.44. The quantitative estimate of drug-likeness (QED) is 0.599. The summed E-state index contributed by atoms with van der Waals surface area (Å²) in [5, 5.41) is 11.2. The van der Waals surface area contributed by atoms with E-state index in [1.165, 1.54) is 24.5 Å². The molecule has 2 saturated heterocycles. The van der Waals surface area contributed by atoms with Gasteiger partial charge in [0.05, 0.1) is 5.56 Å². The van der Waals surface area contributed by atoms with Gasteiger partial charge in [0, 0.05) is 63.1 Å². The predicted octanol–water partition coefficient (Wildman–Crippen LogP) is 1.89. The standard InChI is InChI=1S/C21H25FN4O2/c22-18-3-5-19(6-4-18)23-12-14-24(15-13-23)20-2-1-9-25(16-20)21(27)17-7-10-26(28)11-8-17/h3-8,10-11,20H,1-2,9,12-16H2. The van der Waals surface area contributed by atoms with Gasteiger partial charge < -0.3 is 15.0 Å². The number of pyridine rings is 1. The molecule has 1 aromatic carbocycles. The topological polar surface area (TPSA) is 53.7 Å². The maximum absolute atomic E-state index is 13.1. The summed E-state index contributed by atoms with van der Waals surface area (Å²) in [6.45, 7) is 5.16. The van der Waals surface area contributed by atoms with Crippen LogP contribution in [0.25, 0.3) is 0 Å². The number of hydrogen-bond donors (Lipinski definition) is 0. The monoisotopic (exact) mass is 384 g/mol. The van der Waals surface area contributed by atoms with E-state index in [0.29, 0.717) is 16.3 Å². The Balaban J connectivity index is 1.34. The van der Waals surface area contributed by atoms with Crippen molar-refractivity contribution in [3.05, 3.63) is 65.4 Å². The van der Waals surface area contributed by atoms with E-state index in [-0.39, 0.29) is 11.7 Å². The van der Waals surface area contributed by atoms with Gasteiger partial charge in [-0.2, -0.15) is 4.73 Å². The lowest BCUT2D eigenvalue weighted by Crippen LogP contribution is -2.55. The highest BCUT2D eigenvalue weighted by atomic mass is 19.1. The summed E-state index contributed by atoms with van der Waals surface area (Å²) in [6.07, 6.45) is 4.81. The van der Waals surface area contributed by atoms with Gasteiger partial charge in [-0.1, -0.05) is 0 Å². The van der Waals surface area contributed by atoms with Crippen molar-refractivity contribution in [2.45, 2.75) is 18.9 Å². The second kappa shape index (κ2) is 8.14. The SMILES string of the molecule is O=C(c1cc[n+]([O-])cc1)N1CCCC(N2CCN(c3ccc(F)cc3)CC2)C1. The van der Waals surface area contributed by atoms with Gasteiger partial charge in [0.25, 0.3) is 5.91 Å². The summed E-state index contributed by atoms with van der Waals surface area (Å²) in [6, 6.07) is 10.2. The number of carbonyl (C=O) groups excluding carboxylic acids is 1. The number of hydrogen-bond acceptors (Lipinski definition) is 4. The summed E-state index contributed by atoms with van der Waals surface area (Å²) in [4.78, 5) is 19.4. The highest BCUT2D eigenvalue weighted by Gasteiger charge is 2.30. The van der Waals surface area contributed by atoms with Gasteiger partial charge in [0.2, 0.25) is 0 Å². The number of anilines is 1. The zero-order valence-corrected chi connectivity index (χ0v) is 15.8. The van der Waals surface area contributed by atoms with Crippen molar-refractivity contribution in [2.24, 2.45) is 0 Å². The van der Waals surface area contributed by atoms with Crippen molar-refractivity contribution in [3.63, 3.8) is 0 Å². The van der Waals surface area contributed by atoms with E-state index in [9.17, 15) is 14.4 Å². The molecular formula is C21H25FN4O2. The Hall–Kier alpha value is -2.67. The molecule has 1 atom stereocenters. The molecule has 0 saturated carbocycles. The average Bonchev–Trinajstić information content (AvgIpc) is 2.75. The smallest absolute Gasteiger partial charge is 0.254 e. The molecule has 3 heterocycles. The van der Waals surface area contributed by atoms with E-state index in [1.54, 1.807) is 12.1 Å². The lowest BCUT2D eigenvalue weighted by molar-refractivity contribution is -0.605. The molecule has 7 heteroatoms. The van der Waals surface area contributed by atoms with E-state index in [4.69, 9.17) is 0 Å². The first-order chi connectivity index (χ1) is 13.6. The molecule has 2 aliphatic heterocycles. The van der Waals surface area contributed by atoms with Crippen molar-refractivity contribution >= 4 is 11.6 Å². The van der Waals surface area contributed by atoms with E-state index in [0.717, 1.165) is 57.8 Å². The maximum atomic E-state index is 13.1. The first-order valence-electron chi connectivity index (χ1n) is 9.83. The molecule has 2 aliphatic rings. The molecule has 6 nitrogen and oxygen atoms in total. The van der Waals surface area contributed by atoms with Crippen LogP contribution in [-0.2, 0) is 0 Å². The van der Waals surface area contributed by atoms with Crippen LogP contribution in [0.3, 0.4) is 0 Å². The number of piperidine rings is 1. The summed E-state index contributed by atoms with van der Waals surface area (Å²) < 4.78 is 13.8. The van der Waals surface area contributed by atoms with Crippen LogP contribution in [0, 0.1) is 11.0 Å². The van der Waals surface area contributed by atoms with Crippen LogP contribution in [0.4, 0.5) is 10.1 Å². The van der Waals surface area contributed by atoms with E-state index >= 15 is 0 Å². The summed E-state index contributed by atoms with van der Waals surface area (Å²) in [7, 11) is 0. The molecule has 0 bridgehead atoms. The molecule has 2 fully saturated rings. The van der Waals surface area contributed by atoms with Gasteiger partial charge in [0.1, 0.15) is 5.82 Å². The Morgan fingerprint density at radius 1 is 1.00 bits per heavy atom. The normalized spacial score (nSPS) is 21.0. The molecule has 1 unspecified atom stereocenters. The maximum Gasteiger partial charge on any atom is 0.254 e. The zero-order valence-electron chi connectivity index (χ0n) is 15.8. The van der Waals surface area contributed by atoms with Crippen molar-refractivity contribution in [2.75, 3.05) is 44.2 Å². The first-order valence-corrected chi connectivity index (χ1v) is 9.83. The van der Waals surface area contributed by atoms with E-state index < -0.39 is 0 Å². The van der Waals surface area contributed by atoms with Gasteiger partial charge in [-0.15, -0.1) is 0 Å². The third kappa shape index (κ3) is 4.09. The van der Waals surface area contributed by atoms with Crippen LogP contribution in [0.1, 0.15) is 23.2 Å². The third-order valence-corrected chi connectivity index (χ3v) is 5.76. The van der Waals surface area contributed by atoms with Crippen LogP contribution < -0.4 is 9.63 Å². The molecule has 0 N–H and O–H groups in total. The molecular weight excluding hydrogens is 359 g/mol. The predicted molar refractivity (Wildman–Crippen MR) is 105 cm³/mol. The minimum atomic E-state index is -0.210. The van der Waals surface area contributed by atoms with Crippen molar-refractivity contribution in [1.29, 1.82) is 0 Å². The molecule has 0 radical (unpaired) electrons. The number of piperazine rings is 1. The summed E-state index contributed by atoms with van der Waals surface area (Å²) >= 11 is 0. The second-order valence-corrected chi connectivity index (χ2v) is 7.49. The zero-order chi connectivity index (χ0) is 19.5. The first kappa shape index (κ1) is 18.7. The molecule has 28 heavy (non-hydrogen) atoms. The Kier molecular flexibility index (Phi) is 5.43. The van der Waals surface area contributed by atoms with Crippen LogP contribution in [0.15, 0.2) is 48.8 Å². The average molecular weight is 384 g/mol. The largest absolute Gasteiger partial charge is 0.619 e. The number of aromatic nitrogens is 1. The fraction of sp³-hybridized carbons (Fsp3) is 0.429. The summed E-state index contributed by atoms with van der Waals surface area (Å²) in [5.74, 6) is -0.215. The van der Waals surface area contributed by atoms with Crippen LogP contribution >= 0.6 is 0 Å². The number of halogens is 1. The highest BCUT2D eigenvalue weighted by molar-refractivity contribution is 5.94. The third-order valence-electron chi connectivity index (χ3n) is 5.76. The Bertz CT molecular complexity index is 804. The lowest BCUT2D eigenvalue weighted by atomic mass is 10.0. The number of amides is 1. The van der Waals surface area contributed by atoms with Crippen LogP contribution in [-0.4, -0.2) is 61.0 Å². The van der Waals surface area contributed by atoms with Crippen molar-refractivity contribution in [1.82, 2.24) is 9.80 Å². The fourth-order valence-corrected chi connectivity index (χ4v) is 4.17. The molecule has 148 valence electrons. The number of rotatable bonds is 3. The minimum Gasteiger partial charge on any atom is -0.619 e. The van der Waals surface area contributed by atoms with Gasteiger partial charge in [-0.25, -0.2) is 4.39 Å². The molecule has 0 aliphatic carbocycles. The number of nitrogens with zero attached hydrogens (tertiary/aromatic N) is 4. The second-order valence-electron chi connectivity index (χ2n) is 7.49. The highest BCUT2D eigenvalue weighted by Crippen LogP contribution is 2.22. The van der Waals surface area contributed by atoms with E-state index in [1.807, 2.05) is 17.0 Å². The van der Waals surface area contributed by atoms with E-state index in [2.05, 4.69) is 9.80 Å². The Labute approximate surface area is 164 Å². The van der Waals surface area contributed by atoms with Gasteiger partial charge in [-0.3, -0.25) is 9.69 Å². The van der Waals surface area contributed by atoms with Crippen molar-refractivity contribution in [3.8, 4) is 0 Å². The number of carbonyl (C=O) groups is 1. The molecule has 2 aromatic rings. The Morgan fingerprint density at radius 3 is 2.36 bits per heavy atom. The van der Waals surface area contributed by atoms with Crippen LogP contribution in [0.2, 0.25) is 0 Å². The molecule has 1 aromatic heterocycles. The molecule has 1 amide bonds. The molecule has 0 spiro atoms. The number of benzene rings is 1. The Morgan fingerprint density at radius 2 is 1.68 bits per heavy atom. The van der Waals surface area contributed by atoms with Gasteiger partial charge >= 0.3 is 0 Å². The van der Waals surface area contributed by atoms with Crippen LogP contribution in [0.5, 0.6) is 0 Å². The molecule has 4 rings (SSSR count). The van der Waals surface area contributed by atoms with Gasteiger partial charge in [0.15, 0.2) is 12.4 Å². The number of likely N-dealkylation sites (tertiary alicyclic amines) is 1. The van der Waals surface area contributed by atoms with Gasteiger partial charge in [-0.05, 0) is 37.1 Å². The summed E-state index contributed by atoms with van der Waals surface area (Å²) in [5.41, 5.74) is 1.62. The van der Waals surface area contributed by atoms with Crippen molar-refractivity contribution < 1.29 is 13.9 Å². The minimum absolute atomic E-state index is 0.00440. The fourth-order valence-electron chi connectivity index (χ4n) is 4.17.